The van der Waals surface area contributed by atoms with Crippen LogP contribution in [-0.2, 0) is 11.3 Å². The predicted octanol–water partition coefficient (Wildman–Crippen LogP) is 5.21. The van der Waals surface area contributed by atoms with Gasteiger partial charge in [0.2, 0.25) is 0 Å². The van der Waals surface area contributed by atoms with E-state index in [9.17, 15) is 9.18 Å². The molecule has 0 N–H and O–H groups in total. The Balaban J connectivity index is 1.44. The van der Waals surface area contributed by atoms with Crippen LogP contribution >= 0.6 is 0 Å². The Morgan fingerprint density at radius 3 is 2.36 bits per heavy atom. The summed E-state index contributed by atoms with van der Waals surface area (Å²) in [5.74, 6) is -2.15. The largest absolute Gasteiger partial charge is 0.379 e. The lowest BCUT2D eigenvalue weighted by molar-refractivity contribution is 0.0341. The third kappa shape index (κ3) is 5.61. The van der Waals surface area contributed by atoms with Crippen LogP contribution in [0.2, 0.25) is 0 Å². The molecule has 0 saturated carbocycles. The summed E-state index contributed by atoms with van der Waals surface area (Å²) in [7, 11) is 0. The zero-order chi connectivity index (χ0) is 25.1. The number of benzene rings is 2. The minimum atomic E-state index is -0.736. The summed E-state index contributed by atoms with van der Waals surface area (Å²) < 4.78 is 49.9. The van der Waals surface area contributed by atoms with E-state index in [-0.39, 0.29) is 29.0 Å². The van der Waals surface area contributed by atoms with Crippen LogP contribution in [0.1, 0.15) is 41.6 Å². The minimum absolute atomic E-state index is 0.0323. The second-order valence-electron chi connectivity index (χ2n) is 9.61. The van der Waals surface area contributed by atoms with Gasteiger partial charge in [0.05, 0.1) is 30.0 Å². The summed E-state index contributed by atoms with van der Waals surface area (Å²) in [4.78, 5) is 22.0. The van der Waals surface area contributed by atoms with E-state index in [1.807, 2.05) is 0 Å². The molecule has 2 aromatic carbocycles. The van der Waals surface area contributed by atoms with Crippen molar-refractivity contribution in [3.63, 3.8) is 0 Å². The number of ether oxygens (including phenoxy) is 1. The van der Waals surface area contributed by atoms with Gasteiger partial charge < -0.3 is 9.64 Å². The van der Waals surface area contributed by atoms with Crippen LogP contribution in [0, 0.1) is 17.5 Å². The molecule has 3 heterocycles. The molecule has 1 aromatic heterocycles. The molecule has 2 fully saturated rings. The maximum absolute atomic E-state index is 15.2. The van der Waals surface area contributed by atoms with E-state index >= 15 is 8.78 Å². The van der Waals surface area contributed by atoms with Gasteiger partial charge in [-0.25, -0.2) is 18.2 Å². The molecule has 190 valence electrons. The summed E-state index contributed by atoms with van der Waals surface area (Å²) in [5, 5.41) is 0.356. The third-order valence-corrected chi connectivity index (χ3v) is 7.02. The number of carbonyl (C=O) groups excluding carboxylic acids is 1. The van der Waals surface area contributed by atoms with E-state index < -0.39 is 17.5 Å². The lowest BCUT2D eigenvalue weighted by atomic mass is 9.97. The van der Waals surface area contributed by atoms with E-state index in [0.717, 1.165) is 19.6 Å². The second kappa shape index (κ2) is 11.1. The zero-order valence-electron chi connectivity index (χ0n) is 20.2. The van der Waals surface area contributed by atoms with Crippen LogP contribution in [0.5, 0.6) is 0 Å². The monoisotopic (exact) mass is 497 g/mol. The van der Waals surface area contributed by atoms with Crippen molar-refractivity contribution in [2.75, 3.05) is 45.9 Å². The molecule has 0 bridgehead atoms. The topological polar surface area (TPSA) is 45.7 Å². The number of ketones is 1. The van der Waals surface area contributed by atoms with Crippen molar-refractivity contribution in [3.05, 3.63) is 65.0 Å². The molecule has 0 aliphatic carbocycles. The van der Waals surface area contributed by atoms with Gasteiger partial charge in [-0.15, -0.1) is 0 Å². The highest BCUT2D eigenvalue weighted by atomic mass is 19.1. The van der Waals surface area contributed by atoms with E-state index in [1.165, 1.54) is 49.2 Å². The lowest BCUT2D eigenvalue weighted by Gasteiger charge is -2.26. The van der Waals surface area contributed by atoms with Gasteiger partial charge in [0.25, 0.3) is 0 Å². The van der Waals surface area contributed by atoms with Crippen LogP contribution in [0.15, 0.2) is 36.4 Å². The van der Waals surface area contributed by atoms with Crippen LogP contribution < -0.4 is 0 Å². The number of rotatable bonds is 8. The van der Waals surface area contributed by atoms with Crippen LogP contribution in [0.25, 0.3) is 22.2 Å². The average molecular weight is 498 g/mol. The molecular formula is C28H30F3N3O2. The van der Waals surface area contributed by atoms with Crippen molar-refractivity contribution < 1.29 is 22.7 Å². The molecule has 8 heteroatoms. The molecule has 2 aliphatic rings. The molecule has 2 saturated heterocycles. The highest BCUT2D eigenvalue weighted by molar-refractivity contribution is 6.08. The van der Waals surface area contributed by atoms with Crippen LogP contribution in [-0.4, -0.2) is 66.5 Å². The quantitative estimate of drug-likeness (QED) is 0.400. The normalized spacial score (nSPS) is 17.2. The first-order valence-corrected chi connectivity index (χ1v) is 12.6. The minimum Gasteiger partial charge on any atom is -0.379 e. The first-order chi connectivity index (χ1) is 17.5. The number of aromatic nitrogens is 1. The molecule has 0 atom stereocenters. The average Bonchev–Trinajstić information content (AvgIpc) is 3.37. The highest BCUT2D eigenvalue weighted by Gasteiger charge is 2.21. The van der Waals surface area contributed by atoms with Crippen molar-refractivity contribution in [2.24, 2.45) is 0 Å². The fourth-order valence-electron chi connectivity index (χ4n) is 5.14. The van der Waals surface area contributed by atoms with Gasteiger partial charge in [0, 0.05) is 37.0 Å². The summed E-state index contributed by atoms with van der Waals surface area (Å²) in [6, 6.07) is 7.99. The van der Waals surface area contributed by atoms with Gasteiger partial charge in [-0.1, -0.05) is 0 Å². The number of fused-ring (bicyclic) bond motifs is 1. The van der Waals surface area contributed by atoms with E-state index in [2.05, 4.69) is 14.8 Å². The highest BCUT2D eigenvalue weighted by Crippen LogP contribution is 2.31. The van der Waals surface area contributed by atoms with Crippen molar-refractivity contribution in [1.29, 1.82) is 0 Å². The Morgan fingerprint density at radius 1 is 0.917 bits per heavy atom. The Kier molecular flexibility index (Phi) is 7.65. The van der Waals surface area contributed by atoms with Gasteiger partial charge in [-0.3, -0.25) is 9.69 Å². The molecule has 5 nitrogen and oxygen atoms in total. The second-order valence-corrected chi connectivity index (χ2v) is 9.61. The summed E-state index contributed by atoms with van der Waals surface area (Å²) in [6.45, 7) is 5.93. The van der Waals surface area contributed by atoms with Gasteiger partial charge in [0.15, 0.2) is 5.78 Å². The Bertz CT molecular complexity index is 1230. The number of halogens is 3. The number of morpholine rings is 1. The molecule has 2 aliphatic heterocycles. The number of pyridine rings is 1. The SMILES string of the molecule is O=C(CCCN1CCCC1)c1cc(-c2c(F)cc(CN3CCOCC3)cc2F)nc2ccc(F)cc12. The fraction of sp³-hybridized carbons (Fsp3) is 0.429. The molecule has 0 spiro atoms. The molecule has 3 aromatic rings. The molecule has 36 heavy (non-hydrogen) atoms. The van der Waals surface area contributed by atoms with E-state index in [4.69, 9.17) is 4.74 Å². The van der Waals surface area contributed by atoms with Gasteiger partial charge in [0.1, 0.15) is 17.5 Å². The first kappa shape index (κ1) is 24.9. The Hall–Kier alpha value is -2.81. The smallest absolute Gasteiger partial charge is 0.163 e. The summed E-state index contributed by atoms with van der Waals surface area (Å²) >= 11 is 0. The van der Waals surface area contributed by atoms with Crippen molar-refractivity contribution in [3.8, 4) is 11.3 Å². The van der Waals surface area contributed by atoms with Crippen LogP contribution in [0.4, 0.5) is 13.2 Å². The van der Waals surface area contributed by atoms with Crippen molar-refractivity contribution in [2.45, 2.75) is 32.2 Å². The summed E-state index contributed by atoms with van der Waals surface area (Å²) in [5.41, 5.74) is 0.847. The van der Waals surface area contributed by atoms with Gasteiger partial charge in [-0.05, 0) is 80.9 Å². The molecule has 0 radical (unpaired) electrons. The Morgan fingerprint density at radius 2 is 1.64 bits per heavy atom. The number of carbonyl (C=O) groups is 1. The lowest BCUT2D eigenvalue weighted by Crippen LogP contribution is -2.35. The third-order valence-electron chi connectivity index (χ3n) is 7.02. The fourth-order valence-corrected chi connectivity index (χ4v) is 5.14. The maximum atomic E-state index is 15.2. The van der Waals surface area contributed by atoms with E-state index in [0.29, 0.717) is 55.7 Å². The standard InChI is InChI=1S/C28H30F3N3O2/c29-20-5-6-25-21(16-20)22(27(35)4-3-9-33-7-1-2-8-33)17-26(32-25)28-23(30)14-19(15-24(28)31)18-34-10-12-36-13-11-34/h5-6,14-17H,1-4,7-13,18H2. The number of likely N-dealkylation sites (tertiary alicyclic amines) is 1. The van der Waals surface area contributed by atoms with Crippen molar-refractivity contribution >= 4 is 16.7 Å². The number of hydrogen-bond acceptors (Lipinski definition) is 5. The first-order valence-electron chi connectivity index (χ1n) is 12.6. The molecule has 5 rings (SSSR count). The van der Waals surface area contributed by atoms with Gasteiger partial charge >= 0.3 is 0 Å². The van der Waals surface area contributed by atoms with Gasteiger partial charge in [-0.2, -0.15) is 0 Å². The summed E-state index contributed by atoms with van der Waals surface area (Å²) in [6.07, 6.45) is 3.29. The maximum Gasteiger partial charge on any atom is 0.163 e. The Labute approximate surface area is 208 Å². The van der Waals surface area contributed by atoms with Crippen molar-refractivity contribution in [1.82, 2.24) is 14.8 Å². The molecular weight excluding hydrogens is 467 g/mol. The van der Waals surface area contributed by atoms with Crippen LogP contribution in [0.3, 0.4) is 0 Å². The number of hydrogen-bond donors (Lipinski definition) is 0. The molecule has 0 unspecified atom stereocenters. The number of nitrogens with zero attached hydrogens (tertiary/aromatic N) is 3. The molecule has 0 amide bonds. The zero-order valence-corrected chi connectivity index (χ0v) is 20.2. The number of Topliss-reactive ketones (excluding diaryl/α,β-unsaturated/α-hetero) is 1. The predicted molar refractivity (Wildman–Crippen MR) is 132 cm³/mol. The van der Waals surface area contributed by atoms with E-state index in [1.54, 1.807) is 0 Å².